The van der Waals surface area contributed by atoms with Gasteiger partial charge in [0, 0.05) is 36.9 Å². The molecule has 13 heteroatoms. The van der Waals surface area contributed by atoms with Crippen molar-refractivity contribution < 1.29 is 23.6 Å². The second-order valence-electron chi connectivity index (χ2n) is 7.45. The van der Waals surface area contributed by atoms with Gasteiger partial charge in [0.05, 0.1) is 17.0 Å². The molecule has 1 aliphatic heterocycles. The van der Waals surface area contributed by atoms with E-state index in [-0.39, 0.29) is 41.7 Å². The summed E-state index contributed by atoms with van der Waals surface area (Å²) in [5, 5.41) is 17.6. The van der Waals surface area contributed by atoms with Gasteiger partial charge in [0.15, 0.2) is 22.4 Å². The Morgan fingerprint density at radius 2 is 2.12 bits per heavy atom. The monoisotopic (exact) mass is 470 g/mol. The van der Waals surface area contributed by atoms with E-state index in [4.69, 9.17) is 4.52 Å². The fourth-order valence-corrected chi connectivity index (χ4v) is 4.15. The number of thiazole rings is 1. The molecule has 1 saturated heterocycles. The van der Waals surface area contributed by atoms with E-state index in [1.54, 1.807) is 23.3 Å². The van der Waals surface area contributed by atoms with E-state index >= 15 is 0 Å². The molecule has 33 heavy (non-hydrogen) atoms. The largest absolute Gasteiger partial charge is 0.477 e. The van der Waals surface area contributed by atoms with Crippen LogP contribution >= 0.6 is 11.3 Å². The number of carbonyl (C=O) groups excluding carboxylic acids is 1. The Bertz CT molecular complexity index is 1460. The molecule has 2 N–H and O–H groups in total. The maximum atomic E-state index is 14.9. The summed E-state index contributed by atoms with van der Waals surface area (Å²) in [4.78, 5) is 46.6. The molecule has 1 aliphatic rings. The van der Waals surface area contributed by atoms with E-state index in [0.29, 0.717) is 10.8 Å². The fourth-order valence-electron chi connectivity index (χ4n) is 3.53. The first kappa shape index (κ1) is 20.8. The van der Waals surface area contributed by atoms with E-state index in [9.17, 15) is 23.9 Å². The van der Waals surface area contributed by atoms with Gasteiger partial charge in [-0.05, 0) is 13.0 Å². The van der Waals surface area contributed by atoms with Crippen molar-refractivity contribution >= 4 is 45.9 Å². The Morgan fingerprint density at radius 3 is 2.76 bits per heavy atom. The summed E-state index contributed by atoms with van der Waals surface area (Å²) in [6.45, 7) is 2.12. The molecule has 0 atom stereocenters. The molecule has 1 fully saturated rings. The lowest BCUT2D eigenvalue weighted by Gasteiger charge is -2.39. The van der Waals surface area contributed by atoms with E-state index in [0.717, 1.165) is 12.3 Å². The van der Waals surface area contributed by atoms with Crippen LogP contribution in [-0.4, -0.2) is 49.8 Å². The van der Waals surface area contributed by atoms with Crippen LogP contribution in [0.4, 0.5) is 16.1 Å². The average molecular weight is 470 g/mol. The summed E-state index contributed by atoms with van der Waals surface area (Å²) in [5.74, 6) is -2.77. The second-order valence-corrected chi connectivity index (χ2v) is 8.32. The Kier molecular flexibility index (Phi) is 4.89. The summed E-state index contributed by atoms with van der Waals surface area (Å²) in [7, 11) is 0. The molecule has 11 nitrogen and oxygen atoms in total. The molecule has 0 unspecified atom stereocenters. The number of hydrogen-bond acceptors (Lipinski definition) is 9. The van der Waals surface area contributed by atoms with Crippen molar-refractivity contribution in [1.82, 2.24) is 19.7 Å². The molecule has 168 valence electrons. The molecule has 0 saturated carbocycles. The van der Waals surface area contributed by atoms with Crippen LogP contribution in [0.5, 0.6) is 0 Å². The minimum atomic E-state index is -1.43. The van der Waals surface area contributed by atoms with E-state index < -0.39 is 28.7 Å². The van der Waals surface area contributed by atoms with Gasteiger partial charge in [-0.1, -0.05) is 5.16 Å². The smallest absolute Gasteiger partial charge is 0.341 e. The highest BCUT2D eigenvalue weighted by Gasteiger charge is 2.36. The average Bonchev–Trinajstić information content (AvgIpc) is 3.40. The zero-order valence-corrected chi connectivity index (χ0v) is 17.8. The zero-order valence-electron chi connectivity index (χ0n) is 17.0. The lowest BCUT2D eigenvalue weighted by Crippen LogP contribution is -2.52. The first-order valence-electron chi connectivity index (χ1n) is 9.70. The number of carboxylic acids is 1. The molecule has 4 aromatic heterocycles. The molecule has 1 amide bonds. The van der Waals surface area contributed by atoms with E-state index in [1.807, 2.05) is 0 Å². The summed E-state index contributed by atoms with van der Waals surface area (Å²) in [6, 6.07) is 2.56. The number of aromatic carboxylic acids is 1. The molecule has 0 spiro atoms. The number of anilines is 2. The van der Waals surface area contributed by atoms with Crippen LogP contribution in [0.3, 0.4) is 0 Å². The minimum absolute atomic E-state index is 0.0464. The number of halogens is 1. The number of rotatable bonds is 5. The van der Waals surface area contributed by atoms with Crippen LogP contribution in [0.2, 0.25) is 0 Å². The molecule has 4 aromatic rings. The quantitative estimate of drug-likeness (QED) is 0.448. The van der Waals surface area contributed by atoms with Crippen molar-refractivity contribution in [2.75, 3.05) is 23.3 Å². The molecular formula is C20H15FN6O5S. The van der Waals surface area contributed by atoms with Crippen molar-refractivity contribution in [3.05, 3.63) is 57.2 Å². The molecule has 0 radical (unpaired) electrons. The van der Waals surface area contributed by atoms with Crippen LogP contribution in [0, 0.1) is 18.7 Å². The molecular weight excluding hydrogens is 455 g/mol. The highest BCUT2D eigenvalue weighted by atomic mass is 32.1. The number of amides is 1. The van der Waals surface area contributed by atoms with Gasteiger partial charge in [-0.15, -0.1) is 11.3 Å². The Labute approximate surface area is 188 Å². The van der Waals surface area contributed by atoms with Gasteiger partial charge < -0.3 is 14.5 Å². The number of nitrogens with one attached hydrogen (secondary N) is 1. The predicted molar refractivity (Wildman–Crippen MR) is 116 cm³/mol. The molecule has 0 aromatic carbocycles. The summed E-state index contributed by atoms with van der Waals surface area (Å²) < 4.78 is 21.2. The highest BCUT2D eigenvalue weighted by molar-refractivity contribution is 7.12. The first-order valence-corrected chi connectivity index (χ1v) is 10.6. The number of pyridine rings is 2. The standard InChI is InChI=1S/C20H15FN6O5S/c1-9-4-14(32-25-9)23-18(29)10-6-26(7-10)17-13(21)5-11-15(28)12(19(30)31)8-27(16(11)24-17)20-22-2-3-33-20/h2-5,8,10H,6-7H2,1H3,(H,23,29)(H,30,31). The topological polar surface area (TPSA) is 143 Å². The summed E-state index contributed by atoms with van der Waals surface area (Å²) in [6.07, 6.45) is 2.65. The van der Waals surface area contributed by atoms with Crippen LogP contribution in [0.25, 0.3) is 16.2 Å². The first-order chi connectivity index (χ1) is 15.8. The Morgan fingerprint density at radius 1 is 1.33 bits per heavy atom. The lowest BCUT2D eigenvalue weighted by atomic mass is 9.99. The van der Waals surface area contributed by atoms with Gasteiger partial charge in [0.25, 0.3) is 0 Å². The van der Waals surface area contributed by atoms with Crippen molar-refractivity contribution in [1.29, 1.82) is 0 Å². The summed E-state index contributed by atoms with van der Waals surface area (Å²) >= 11 is 1.20. The molecule has 5 heterocycles. The third-order valence-corrected chi connectivity index (χ3v) is 5.97. The van der Waals surface area contributed by atoms with Gasteiger partial charge in [0.2, 0.25) is 17.2 Å². The van der Waals surface area contributed by atoms with Crippen LogP contribution in [-0.2, 0) is 4.79 Å². The van der Waals surface area contributed by atoms with E-state index in [1.165, 1.54) is 22.1 Å². The van der Waals surface area contributed by atoms with Crippen molar-refractivity contribution in [2.45, 2.75) is 6.92 Å². The van der Waals surface area contributed by atoms with Crippen molar-refractivity contribution in [2.24, 2.45) is 5.92 Å². The fraction of sp³-hybridized carbons (Fsp3) is 0.200. The maximum Gasteiger partial charge on any atom is 0.341 e. The zero-order chi connectivity index (χ0) is 23.3. The molecule has 5 rings (SSSR count). The Hall–Kier alpha value is -4.13. The number of hydrogen-bond donors (Lipinski definition) is 2. The highest BCUT2D eigenvalue weighted by Crippen LogP contribution is 2.29. The van der Waals surface area contributed by atoms with Gasteiger partial charge in [-0.25, -0.2) is 19.2 Å². The number of carbonyl (C=O) groups is 2. The number of carboxylic acid groups (broad SMARTS) is 1. The normalized spacial score (nSPS) is 13.8. The van der Waals surface area contributed by atoms with Crippen molar-refractivity contribution in [3.8, 4) is 5.13 Å². The molecule has 0 bridgehead atoms. The van der Waals surface area contributed by atoms with Crippen LogP contribution < -0.4 is 15.6 Å². The predicted octanol–water partition coefficient (Wildman–Crippen LogP) is 2.05. The van der Waals surface area contributed by atoms with E-state index in [2.05, 4.69) is 20.4 Å². The third-order valence-electron chi connectivity index (χ3n) is 5.20. The van der Waals surface area contributed by atoms with Crippen LogP contribution in [0.15, 0.2) is 39.2 Å². The maximum absolute atomic E-state index is 14.9. The lowest BCUT2D eigenvalue weighted by molar-refractivity contribution is -0.120. The molecule has 0 aliphatic carbocycles. The van der Waals surface area contributed by atoms with Gasteiger partial charge in [0.1, 0.15) is 5.56 Å². The van der Waals surface area contributed by atoms with Crippen molar-refractivity contribution in [3.63, 3.8) is 0 Å². The number of aromatic nitrogens is 4. The van der Waals surface area contributed by atoms with Gasteiger partial charge >= 0.3 is 5.97 Å². The van der Waals surface area contributed by atoms with Gasteiger partial charge in [-0.2, -0.15) is 0 Å². The Balaban J connectivity index is 1.48. The third kappa shape index (κ3) is 3.61. The number of fused-ring (bicyclic) bond motifs is 1. The van der Waals surface area contributed by atoms with Gasteiger partial charge in [-0.3, -0.25) is 19.5 Å². The number of nitrogens with zero attached hydrogens (tertiary/aromatic N) is 5. The SMILES string of the molecule is Cc1cc(NC(=O)C2CN(c3nc4c(cc3F)c(=O)c(C(=O)O)cn4-c3nccs3)C2)on1. The van der Waals surface area contributed by atoms with Crippen LogP contribution in [0.1, 0.15) is 16.1 Å². The second kappa shape index (κ2) is 7.78. The summed E-state index contributed by atoms with van der Waals surface area (Å²) in [5.41, 5.74) is -0.664. The minimum Gasteiger partial charge on any atom is -0.477 e. The number of aryl methyl sites for hydroxylation is 1.